The maximum absolute atomic E-state index is 5.48. The number of ether oxygens (including phenoxy) is 2. The molecule has 2 aromatic rings. The van der Waals surface area contributed by atoms with Crippen LogP contribution >= 0.6 is 0 Å². The fourth-order valence-electron chi connectivity index (χ4n) is 4.97. The second kappa shape index (κ2) is 8.36. The van der Waals surface area contributed by atoms with Crippen LogP contribution in [0.4, 0.5) is 5.69 Å². The van der Waals surface area contributed by atoms with E-state index >= 15 is 0 Å². The van der Waals surface area contributed by atoms with Gasteiger partial charge in [0, 0.05) is 43.9 Å². The predicted octanol–water partition coefficient (Wildman–Crippen LogP) is 3.42. The molecule has 160 valence electrons. The highest BCUT2D eigenvalue weighted by molar-refractivity contribution is 5.60. The highest BCUT2D eigenvalue weighted by Crippen LogP contribution is 2.44. The SMILES string of the molecule is COc1cc2c(cc1OC)C(CCN1CCN(c3cccc4c3CCOO4)CC1)C2. The molecule has 1 aliphatic carbocycles. The molecular weight excluding hydrogens is 380 g/mol. The average molecular weight is 411 g/mol. The van der Waals surface area contributed by atoms with E-state index in [0.717, 1.165) is 62.8 Å². The molecule has 0 amide bonds. The molecule has 1 saturated heterocycles. The topological polar surface area (TPSA) is 43.4 Å². The van der Waals surface area contributed by atoms with Gasteiger partial charge in [-0.1, -0.05) is 6.07 Å². The van der Waals surface area contributed by atoms with Crippen molar-refractivity contribution in [3.05, 3.63) is 47.0 Å². The monoisotopic (exact) mass is 410 g/mol. The molecule has 0 saturated carbocycles. The van der Waals surface area contributed by atoms with Gasteiger partial charge in [-0.3, -0.25) is 4.90 Å². The van der Waals surface area contributed by atoms with Gasteiger partial charge in [0.1, 0.15) is 0 Å². The van der Waals surface area contributed by atoms with Crippen LogP contribution in [-0.2, 0) is 17.7 Å². The van der Waals surface area contributed by atoms with E-state index in [4.69, 9.17) is 19.2 Å². The van der Waals surface area contributed by atoms with Crippen LogP contribution in [0.5, 0.6) is 17.2 Å². The smallest absolute Gasteiger partial charge is 0.170 e. The number of hydrogen-bond donors (Lipinski definition) is 0. The van der Waals surface area contributed by atoms with Gasteiger partial charge in [0.2, 0.25) is 0 Å². The lowest BCUT2D eigenvalue weighted by Crippen LogP contribution is -2.47. The van der Waals surface area contributed by atoms with Crippen LogP contribution in [0.25, 0.3) is 0 Å². The molecule has 0 radical (unpaired) electrons. The first-order valence-electron chi connectivity index (χ1n) is 10.9. The molecule has 0 spiro atoms. The molecule has 2 heterocycles. The summed E-state index contributed by atoms with van der Waals surface area (Å²) in [4.78, 5) is 15.6. The summed E-state index contributed by atoms with van der Waals surface area (Å²) in [6, 6.07) is 10.6. The lowest BCUT2D eigenvalue weighted by Gasteiger charge is -2.39. The molecule has 6 heteroatoms. The van der Waals surface area contributed by atoms with Crippen molar-refractivity contribution in [2.75, 3.05) is 58.5 Å². The van der Waals surface area contributed by atoms with E-state index in [9.17, 15) is 0 Å². The Bertz CT molecular complexity index is 908. The Kier molecular flexibility index (Phi) is 5.44. The van der Waals surface area contributed by atoms with Crippen LogP contribution in [0, 0.1) is 0 Å². The molecule has 0 N–H and O–H groups in total. The fraction of sp³-hybridized carbons (Fsp3) is 0.500. The predicted molar refractivity (Wildman–Crippen MR) is 116 cm³/mol. The maximum atomic E-state index is 5.48. The lowest BCUT2D eigenvalue weighted by atomic mass is 9.75. The summed E-state index contributed by atoms with van der Waals surface area (Å²) in [5.41, 5.74) is 5.43. The standard InChI is InChI=1S/C24H30N2O4/c1-27-23-15-18-14-17(20(18)16-24(23)28-2)6-8-25-9-11-26(12-10-25)21-4-3-5-22-19(21)7-13-29-30-22/h3-5,15-17H,6-14H2,1-2H3. The van der Waals surface area contributed by atoms with Gasteiger partial charge in [0.25, 0.3) is 0 Å². The number of methoxy groups -OCH3 is 2. The molecule has 2 aromatic carbocycles. The number of anilines is 1. The van der Waals surface area contributed by atoms with Crippen molar-refractivity contribution >= 4 is 5.69 Å². The Hall–Kier alpha value is -2.44. The number of hydrogen-bond acceptors (Lipinski definition) is 6. The molecule has 1 atom stereocenters. The Labute approximate surface area is 178 Å². The van der Waals surface area contributed by atoms with Gasteiger partial charge in [-0.2, -0.15) is 4.89 Å². The summed E-state index contributed by atoms with van der Waals surface area (Å²) in [5, 5.41) is 0. The summed E-state index contributed by atoms with van der Waals surface area (Å²) in [6.45, 7) is 6.10. The molecule has 5 rings (SSSR count). The summed E-state index contributed by atoms with van der Waals surface area (Å²) < 4.78 is 10.9. The molecule has 6 nitrogen and oxygen atoms in total. The lowest BCUT2D eigenvalue weighted by molar-refractivity contribution is -0.215. The zero-order chi connectivity index (χ0) is 20.5. The van der Waals surface area contributed by atoms with E-state index in [2.05, 4.69) is 34.1 Å². The second-order valence-electron chi connectivity index (χ2n) is 8.33. The van der Waals surface area contributed by atoms with Crippen molar-refractivity contribution in [2.24, 2.45) is 0 Å². The molecule has 0 aromatic heterocycles. The van der Waals surface area contributed by atoms with Gasteiger partial charge >= 0.3 is 0 Å². The number of rotatable bonds is 6. The van der Waals surface area contributed by atoms with Gasteiger partial charge in [-0.05, 0) is 60.7 Å². The van der Waals surface area contributed by atoms with Crippen LogP contribution in [-0.4, -0.2) is 58.5 Å². The zero-order valence-electron chi connectivity index (χ0n) is 17.9. The highest BCUT2D eigenvalue weighted by atomic mass is 17.2. The Morgan fingerprint density at radius 3 is 2.63 bits per heavy atom. The van der Waals surface area contributed by atoms with Crippen LogP contribution in [0.3, 0.4) is 0 Å². The Morgan fingerprint density at radius 1 is 1.03 bits per heavy atom. The normalized spacial score (nSPS) is 20.6. The van der Waals surface area contributed by atoms with E-state index in [0.29, 0.717) is 12.5 Å². The van der Waals surface area contributed by atoms with Gasteiger partial charge in [0.15, 0.2) is 17.2 Å². The minimum atomic E-state index is 0.628. The number of fused-ring (bicyclic) bond motifs is 2. The largest absolute Gasteiger partial charge is 0.493 e. The Morgan fingerprint density at radius 2 is 1.83 bits per heavy atom. The van der Waals surface area contributed by atoms with Crippen LogP contribution < -0.4 is 19.3 Å². The van der Waals surface area contributed by atoms with Crippen molar-refractivity contribution in [1.29, 1.82) is 0 Å². The van der Waals surface area contributed by atoms with Crippen molar-refractivity contribution in [2.45, 2.75) is 25.2 Å². The number of benzene rings is 2. The molecule has 30 heavy (non-hydrogen) atoms. The third-order valence-electron chi connectivity index (χ3n) is 6.75. The van der Waals surface area contributed by atoms with Crippen LogP contribution in [0.2, 0.25) is 0 Å². The summed E-state index contributed by atoms with van der Waals surface area (Å²) in [6.07, 6.45) is 3.27. The van der Waals surface area contributed by atoms with Gasteiger partial charge in [-0.15, -0.1) is 0 Å². The minimum absolute atomic E-state index is 0.628. The molecular formula is C24H30N2O4. The van der Waals surface area contributed by atoms with Crippen molar-refractivity contribution in [1.82, 2.24) is 4.90 Å². The second-order valence-corrected chi connectivity index (χ2v) is 8.33. The van der Waals surface area contributed by atoms with E-state index in [-0.39, 0.29) is 0 Å². The third kappa shape index (κ3) is 3.59. The van der Waals surface area contributed by atoms with E-state index < -0.39 is 0 Å². The first-order chi connectivity index (χ1) is 14.8. The van der Waals surface area contributed by atoms with Gasteiger partial charge in [-0.25, -0.2) is 0 Å². The summed E-state index contributed by atoms with van der Waals surface area (Å²) >= 11 is 0. The number of piperazine rings is 1. The van der Waals surface area contributed by atoms with E-state index in [1.165, 1.54) is 28.8 Å². The Balaban J connectivity index is 1.16. The van der Waals surface area contributed by atoms with Crippen molar-refractivity contribution in [3.63, 3.8) is 0 Å². The van der Waals surface area contributed by atoms with Crippen LogP contribution in [0.15, 0.2) is 30.3 Å². The zero-order valence-corrected chi connectivity index (χ0v) is 17.9. The molecule has 1 unspecified atom stereocenters. The van der Waals surface area contributed by atoms with Crippen molar-refractivity contribution < 1.29 is 19.2 Å². The quantitative estimate of drug-likeness (QED) is 0.680. The average Bonchev–Trinajstić information content (AvgIpc) is 2.79. The van der Waals surface area contributed by atoms with Crippen molar-refractivity contribution in [3.8, 4) is 17.2 Å². The van der Waals surface area contributed by atoms with Crippen LogP contribution in [0.1, 0.15) is 29.0 Å². The molecule has 3 aliphatic rings. The number of nitrogens with zero attached hydrogens (tertiary/aromatic N) is 2. The minimum Gasteiger partial charge on any atom is -0.493 e. The highest BCUT2D eigenvalue weighted by Gasteiger charge is 2.29. The third-order valence-corrected chi connectivity index (χ3v) is 6.75. The van der Waals surface area contributed by atoms with Gasteiger partial charge < -0.3 is 19.3 Å². The molecule has 1 fully saturated rings. The van der Waals surface area contributed by atoms with E-state index in [1.807, 2.05) is 6.07 Å². The first-order valence-corrected chi connectivity index (χ1v) is 10.9. The molecule has 2 aliphatic heterocycles. The van der Waals surface area contributed by atoms with Gasteiger partial charge in [0.05, 0.1) is 20.8 Å². The summed E-state index contributed by atoms with van der Waals surface area (Å²) in [7, 11) is 3.41. The molecule has 0 bridgehead atoms. The maximum Gasteiger partial charge on any atom is 0.170 e. The van der Waals surface area contributed by atoms with E-state index in [1.54, 1.807) is 14.2 Å². The first kappa shape index (κ1) is 19.5. The fourth-order valence-corrected chi connectivity index (χ4v) is 4.97. The summed E-state index contributed by atoms with van der Waals surface area (Å²) in [5.74, 6) is 3.19.